The first-order chi connectivity index (χ1) is 44.9. The van der Waals surface area contributed by atoms with E-state index in [1.54, 1.807) is 93.1 Å². The average molecular weight is 1370 g/mol. The number of aromatic nitrogens is 3. The monoisotopic (exact) mass is 1370 g/mol. The standard InChI is InChI=1S/2C23H29N3O4S.C21H27N3O3S.C2H3ClO/c2*1-16-5-7-21(8-6-16)31(28,29)25-19-14-20(15-19)30-23-22(4-3-11-24-23)18-9-12-26(13-10-18)17(2)27;1-15-4-6-19(7-5-15)28(25,26)24-17-13-18(14-17)27-21-20(3-2-10-23-21)16-8-11-22-12-9-16;1-2(3)4/h2*3-8,11,18-20,25H,9-10,12-15H2,1-2H3;2-7,10,16-18,22,24H,8-9,11-14H2,1H3;1H3. The third kappa shape index (κ3) is 20.1. The van der Waals surface area contributed by atoms with Gasteiger partial charge in [-0.3, -0.25) is 14.4 Å². The van der Waals surface area contributed by atoms with Crippen LogP contribution in [-0.2, 0) is 44.5 Å². The topological polar surface area (TPSA) is 275 Å². The van der Waals surface area contributed by atoms with Crippen LogP contribution in [-0.4, -0.2) is 143 Å². The Morgan fingerprint density at radius 1 is 0.436 bits per heavy atom. The van der Waals surface area contributed by atoms with Gasteiger partial charge in [0.2, 0.25) is 64.8 Å². The first-order valence-corrected chi connectivity index (χ1v) is 37.2. The van der Waals surface area contributed by atoms with Gasteiger partial charge in [-0.2, -0.15) is 0 Å². The summed E-state index contributed by atoms with van der Waals surface area (Å²) in [5.74, 6) is 3.32. The minimum atomic E-state index is -3.52. The van der Waals surface area contributed by atoms with E-state index >= 15 is 0 Å². The number of amides is 2. The first kappa shape index (κ1) is 71.4. The number of rotatable bonds is 18. The number of aryl methyl sites for hydroxylation is 3. The number of nitrogens with one attached hydrogen (secondary N) is 4. The van der Waals surface area contributed by atoms with Crippen LogP contribution < -0.4 is 33.7 Å². The van der Waals surface area contributed by atoms with Gasteiger partial charge >= 0.3 is 0 Å². The SMILES string of the molecule is CC(=O)Cl.CC(=O)N1CCC(c2cccnc2OC2CC(NS(=O)(=O)c3ccc(C)cc3)C2)CC1.CC(=O)N1CCC(c2cccnc2OC2CC(NS(=O)(=O)c3ccc(C)cc3)C2)CC1.Cc1ccc(S(=O)(=O)NC2CC(Oc3ncccc3C3CCNCC3)C2)cc1. The number of hydrogen-bond donors (Lipinski definition) is 4. The number of hydrogen-bond acceptors (Lipinski definition) is 16. The second kappa shape index (κ2) is 32.7. The number of carbonyl (C=O) groups excluding carboxylic acids is 3. The molecule has 21 nitrogen and oxygen atoms in total. The lowest BCUT2D eigenvalue weighted by molar-refractivity contribution is -0.130. The zero-order valence-corrected chi connectivity index (χ0v) is 57.5. The maximum atomic E-state index is 12.6. The van der Waals surface area contributed by atoms with Crippen LogP contribution in [0.3, 0.4) is 0 Å². The van der Waals surface area contributed by atoms with Gasteiger partial charge in [-0.05, 0) is 156 Å². The molecule has 25 heteroatoms. The van der Waals surface area contributed by atoms with Crippen molar-refractivity contribution >= 4 is 58.7 Å². The van der Waals surface area contributed by atoms with Crippen LogP contribution in [0.4, 0.5) is 0 Å². The molecule has 3 saturated carbocycles. The van der Waals surface area contributed by atoms with E-state index < -0.39 is 30.1 Å². The third-order valence-corrected chi connectivity index (χ3v) is 22.6. The molecule has 0 spiro atoms. The molecule has 0 unspecified atom stereocenters. The number of carbonyl (C=O) groups is 3. The van der Waals surface area contributed by atoms with Crippen molar-refractivity contribution in [3.63, 3.8) is 0 Å². The second-order valence-electron chi connectivity index (χ2n) is 25.3. The Hall–Kier alpha value is -6.90. The van der Waals surface area contributed by atoms with E-state index in [0.29, 0.717) is 78.8 Å². The van der Waals surface area contributed by atoms with E-state index in [-0.39, 0.29) is 63.3 Å². The lowest BCUT2D eigenvalue weighted by Gasteiger charge is -2.36. The molecular formula is C69H88ClN9O12S3. The van der Waals surface area contributed by atoms with Gasteiger partial charge in [0.25, 0.3) is 0 Å². The fourth-order valence-electron chi connectivity index (χ4n) is 12.3. The molecule has 6 aromatic rings. The quantitative estimate of drug-likeness (QED) is 0.0583. The molecule has 506 valence electrons. The molecule has 3 aromatic carbocycles. The largest absolute Gasteiger partial charge is 0.474 e. The zero-order chi connectivity index (χ0) is 67.2. The van der Waals surface area contributed by atoms with Gasteiger partial charge in [0.05, 0.1) is 14.7 Å². The minimum absolute atomic E-state index is 0.00100. The van der Waals surface area contributed by atoms with Gasteiger partial charge in [0, 0.05) is 139 Å². The summed E-state index contributed by atoms with van der Waals surface area (Å²) < 4.78 is 102. The number of ether oxygens (including phenoxy) is 3. The normalized spacial score (nSPS) is 21.7. The Kier molecular flexibility index (Phi) is 24.8. The Balaban J connectivity index is 0.000000161. The van der Waals surface area contributed by atoms with Crippen molar-refractivity contribution in [2.24, 2.45) is 0 Å². The van der Waals surface area contributed by atoms with Crippen LogP contribution in [0.5, 0.6) is 17.6 Å². The number of nitrogens with zero attached hydrogens (tertiary/aromatic N) is 5. The maximum Gasteiger partial charge on any atom is 0.240 e. The molecule has 3 aromatic heterocycles. The summed E-state index contributed by atoms with van der Waals surface area (Å²) in [6.45, 7) is 15.3. The van der Waals surface area contributed by atoms with E-state index in [1.165, 1.54) is 12.5 Å². The molecule has 0 atom stereocenters. The van der Waals surface area contributed by atoms with Crippen LogP contribution in [0.25, 0.3) is 0 Å². The van der Waals surface area contributed by atoms with Crippen molar-refractivity contribution in [2.75, 3.05) is 39.3 Å². The Morgan fingerprint density at radius 2 is 0.691 bits per heavy atom. The van der Waals surface area contributed by atoms with Crippen molar-refractivity contribution in [3.05, 3.63) is 161 Å². The van der Waals surface area contributed by atoms with Crippen molar-refractivity contribution in [1.82, 2.24) is 44.2 Å². The summed E-state index contributed by atoms with van der Waals surface area (Å²) in [5.41, 5.74) is 6.41. The Morgan fingerprint density at radius 3 is 0.947 bits per heavy atom. The van der Waals surface area contributed by atoms with Gasteiger partial charge in [0.1, 0.15) is 18.3 Å². The Labute approximate surface area is 559 Å². The number of piperidine rings is 3. The van der Waals surface area contributed by atoms with Crippen LogP contribution in [0.15, 0.2) is 142 Å². The second-order valence-corrected chi connectivity index (χ2v) is 31.0. The molecule has 4 N–H and O–H groups in total. The molecule has 6 heterocycles. The molecule has 3 aliphatic carbocycles. The van der Waals surface area contributed by atoms with Gasteiger partial charge < -0.3 is 29.3 Å². The van der Waals surface area contributed by atoms with E-state index in [2.05, 4.69) is 52.1 Å². The van der Waals surface area contributed by atoms with Crippen LogP contribution >= 0.6 is 11.6 Å². The number of benzene rings is 3. The lowest BCUT2D eigenvalue weighted by atomic mass is 9.88. The third-order valence-electron chi connectivity index (χ3n) is 18.0. The maximum absolute atomic E-state index is 12.6. The Bertz CT molecular complexity index is 3680. The molecule has 6 fully saturated rings. The van der Waals surface area contributed by atoms with Gasteiger partial charge in [0.15, 0.2) is 0 Å². The molecule has 12 rings (SSSR count). The fourth-order valence-corrected chi connectivity index (χ4v) is 16.1. The molecule has 3 saturated heterocycles. The molecule has 94 heavy (non-hydrogen) atoms. The van der Waals surface area contributed by atoms with Crippen molar-refractivity contribution in [1.29, 1.82) is 0 Å². The highest BCUT2D eigenvalue weighted by molar-refractivity contribution is 7.90. The fraction of sp³-hybridized carbons (Fsp3) is 0.478. The summed E-state index contributed by atoms with van der Waals surface area (Å²) in [5, 5.41) is 3.02. The summed E-state index contributed by atoms with van der Waals surface area (Å²) in [6.07, 6.45) is 14.6. The minimum Gasteiger partial charge on any atom is -0.474 e. The molecule has 0 radical (unpaired) electrons. The molecule has 6 aliphatic rings. The molecule has 3 aliphatic heterocycles. The number of halogens is 1. The van der Waals surface area contributed by atoms with Crippen molar-refractivity contribution < 1.29 is 53.8 Å². The molecular weight excluding hydrogens is 1280 g/mol. The smallest absolute Gasteiger partial charge is 0.240 e. The predicted octanol–water partition coefficient (Wildman–Crippen LogP) is 9.53. The molecule has 0 bridgehead atoms. The highest BCUT2D eigenvalue weighted by Gasteiger charge is 2.39. The summed E-state index contributed by atoms with van der Waals surface area (Å²) in [4.78, 5) is 50.3. The van der Waals surface area contributed by atoms with Crippen LogP contribution in [0.2, 0.25) is 0 Å². The zero-order valence-electron chi connectivity index (χ0n) is 54.3. The van der Waals surface area contributed by atoms with Crippen LogP contribution in [0.1, 0.15) is 149 Å². The van der Waals surface area contributed by atoms with E-state index in [4.69, 9.17) is 14.2 Å². The van der Waals surface area contributed by atoms with Gasteiger partial charge in [-0.25, -0.2) is 54.4 Å². The van der Waals surface area contributed by atoms with E-state index in [1.807, 2.05) is 73.0 Å². The van der Waals surface area contributed by atoms with Gasteiger partial charge in [-0.1, -0.05) is 71.3 Å². The van der Waals surface area contributed by atoms with Crippen molar-refractivity contribution in [3.8, 4) is 17.6 Å². The predicted molar refractivity (Wildman–Crippen MR) is 359 cm³/mol. The number of pyridine rings is 3. The number of sulfonamides is 3. The summed E-state index contributed by atoms with van der Waals surface area (Å²) in [7, 11) is -10.5. The van der Waals surface area contributed by atoms with E-state index in [0.717, 1.165) is 106 Å². The summed E-state index contributed by atoms with van der Waals surface area (Å²) >= 11 is 4.64. The highest BCUT2D eigenvalue weighted by Crippen LogP contribution is 2.39. The average Bonchev–Trinajstić information content (AvgIpc) is 0.831. The summed E-state index contributed by atoms with van der Waals surface area (Å²) in [6, 6.07) is 32.2. The molecule has 2 amide bonds. The van der Waals surface area contributed by atoms with E-state index in [9.17, 15) is 39.6 Å². The first-order valence-electron chi connectivity index (χ1n) is 32.4. The van der Waals surface area contributed by atoms with Gasteiger partial charge in [-0.15, -0.1) is 0 Å². The highest BCUT2D eigenvalue weighted by atomic mass is 35.5. The lowest BCUT2D eigenvalue weighted by Crippen LogP contribution is -2.49. The van der Waals surface area contributed by atoms with Crippen molar-refractivity contribution in [2.45, 2.75) is 187 Å². The number of likely N-dealkylation sites (tertiary alicyclic amines) is 2. The van der Waals surface area contributed by atoms with Crippen LogP contribution in [0, 0.1) is 20.8 Å².